The number of hydrogen-bond acceptors (Lipinski definition) is 7. The van der Waals surface area contributed by atoms with Crippen molar-refractivity contribution in [1.82, 2.24) is 4.57 Å². The first-order valence-corrected chi connectivity index (χ1v) is 9.79. The van der Waals surface area contributed by atoms with Gasteiger partial charge in [0.2, 0.25) is 0 Å². The SMILES string of the molecule is CCCn1c(C)cc(C=C(C#N)C(=O)OCC(=O)Nc2cc([N+](=O)[O-])ccc2OC)c1C. The lowest BCUT2D eigenvalue weighted by atomic mass is 10.1. The van der Waals surface area contributed by atoms with Gasteiger partial charge in [0.05, 0.1) is 17.7 Å². The first-order valence-electron chi connectivity index (χ1n) is 9.79. The minimum absolute atomic E-state index is 0.0576. The summed E-state index contributed by atoms with van der Waals surface area (Å²) in [5.41, 5.74) is 2.21. The van der Waals surface area contributed by atoms with E-state index < -0.39 is 23.4 Å². The summed E-state index contributed by atoms with van der Waals surface area (Å²) in [5, 5.41) is 22.7. The van der Waals surface area contributed by atoms with E-state index in [0.717, 1.165) is 36.0 Å². The Morgan fingerprint density at radius 2 is 2.03 bits per heavy atom. The molecule has 10 nitrogen and oxygen atoms in total. The first-order chi connectivity index (χ1) is 15.2. The third kappa shape index (κ3) is 5.72. The van der Waals surface area contributed by atoms with Gasteiger partial charge in [-0.15, -0.1) is 0 Å². The van der Waals surface area contributed by atoms with Crippen LogP contribution in [0.25, 0.3) is 6.08 Å². The highest BCUT2D eigenvalue weighted by atomic mass is 16.6. The number of nitrogens with one attached hydrogen (secondary N) is 1. The second-order valence-electron chi connectivity index (χ2n) is 6.91. The van der Waals surface area contributed by atoms with E-state index in [9.17, 15) is 25.0 Å². The van der Waals surface area contributed by atoms with Crippen molar-refractivity contribution < 1.29 is 24.0 Å². The molecule has 168 valence electrons. The average Bonchev–Trinajstić information content (AvgIpc) is 3.03. The van der Waals surface area contributed by atoms with E-state index in [1.807, 2.05) is 19.9 Å². The summed E-state index contributed by atoms with van der Waals surface area (Å²) in [7, 11) is 1.35. The molecule has 0 atom stereocenters. The van der Waals surface area contributed by atoms with Gasteiger partial charge in [0.15, 0.2) is 6.61 Å². The maximum atomic E-state index is 12.3. The van der Waals surface area contributed by atoms with Gasteiger partial charge in [0.1, 0.15) is 17.4 Å². The lowest BCUT2D eigenvalue weighted by Crippen LogP contribution is -2.21. The van der Waals surface area contributed by atoms with Crippen molar-refractivity contribution in [2.45, 2.75) is 33.7 Å². The first kappa shape index (κ1) is 24.1. The Kier molecular flexibility index (Phi) is 8.12. The van der Waals surface area contributed by atoms with Crippen molar-refractivity contribution in [2.24, 2.45) is 0 Å². The predicted molar refractivity (Wildman–Crippen MR) is 117 cm³/mol. The van der Waals surface area contributed by atoms with E-state index in [4.69, 9.17) is 9.47 Å². The van der Waals surface area contributed by atoms with Crippen molar-refractivity contribution in [3.05, 3.63) is 56.9 Å². The van der Waals surface area contributed by atoms with Crippen molar-refractivity contribution in [3.63, 3.8) is 0 Å². The number of hydrogen-bond donors (Lipinski definition) is 1. The largest absolute Gasteiger partial charge is 0.495 e. The van der Waals surface area contributed by atoms with Gasteiger partial charge in [0.25, 0.3) is 11.6 Å². The van der Waals surface area contributed by atoms with Gasteiger partial charge in [-0.1, -0.05) is 6.92 Å². The molecule has 1 amide bonds. The number of nitro groups is 1. The number of carbonyl (C=O) groups excluding carboxylic acids is 2. The molecule has 2 aromatic rings. The Hall–Kier alpha value is -4.13. The van der Waals surface area contributed by atoms with Crippen LogP contribution in [-0.2, 0) is 20.9 Å². The molecular weight excluding hydrogens is 416 g/mol. The average molecular weight is 440 g/mol. The standard InChI is InChI=1S/C22H24N4O6/c1-5-8-25-14(2)9-16(15(25)3)10-17(12-23)22(28)32-13-21(27)24-19-11-18(26(29)30)6-7-20(19)31-4/h6-7,9-11H,5,8,13H2,1-4H3,(H,24,27). The molecule has 1 aromatic carbocycles. The third-order valence-corrected chi connectivity index (χ3v) is 4.70. The van der Waals surface area contributed by atoms with Crippen LogP contribution >= 0.6 is 0 Å². The van der Waals surface area contributed by atoms with Gasteiger partial charge in [-0.3, -0.25) is 14.9 Å². The van der Waals surface area contributed by atoms with Crippen LogP contribution < -0.4 is 10.1 Å². The summed E-state index contributed by atoms with van der Waals surface area (Å²) in [6, 6.07) is 7.37. The van der Waals surface area contributed by atoms with Crippen LogP contribution in [0.3, 0.4) is 0 Å². The van der Waals surface area contributed by atoms with Gasteiger partial charge in [0, 0.05) is 30.1 Å². The fourth-order valence-corrected chi connectivity index (χ4v) is 3.14. The van der Waals surface area contributed by atoms with Crippen LogP contribution in [0.5, 0.6) is 5.75 Å². The van der Waals surface area contributed by atoms with E-state index in [0.29, 0.717) is 0 Å². The summed E-state index contributed by atoms with van der Waals surface area (Å²) in [4.78, 5) is 34.8. The van der Waals surface area contributed by atoms with Crippen molar-refractivity contribution >= 4 is 29.3 Å². The zero-order chi connectivity index (χ0) is 23.8. The minimum Gasteiger partial charge on any atom is -0.495 e. The number of nitrogens with zero attached hydrogens (tertiary/aromatic N) is 3. The molecule has 0 bridgehead atoms. The number of amides is 1. The van der Waals surface area contributed by atoms with E-state index in [1.165, 1.54) is 25.3 Å². The van der Waals surface area contributed by atoms with E-state index in [2.05, 4.69) is 16.8 Å². The molecule has 0 saturated heterocycles. The number of nitro benzene ring substituents is 1. The number of aromatic nitrogens is 1. The maximum absolute atomic E-state index is 12.3. The molecule has 0 spiro atoms. The Morgan fingerprint density at radius 3 is 2.62 bits per heavy atom. The maximum Gasteiger partial charge on any atom is 0.349 e. The van der Waals surface area contributed by atoms with Crippen LogP contribution in [0.1, 0.15) is 30.3 Å². The molecular formula is C22H24N4O6. The summed E-state index contributed by atoms with van der Waals surface area (Å²) in [6.45, 7) is 6.03. The van der Waals surface area contributed by atoms with E-state index in [1.54, 1.807) is 6.07 Å². The lowest BCUT2D eigenvalue weighted by Gasteiger charge is -2.10. The van der Waals surface area contributed by atoms with Crippen LogP contribution in [0.15, 0.2) is 29.8 Å². The van der Waals surface area contributed by atoms with Crippen LogP contribution in [0, 0.1) is 35.3 Å². The number of benzene rings is 1. The van der Waals surface area contributed by atoms with Crippen molar-refractivity contribution in [2.75, 3.05) is 19.0 Å². The molecule has 0 aliphatic carbocycles. The number of carbonyl (C=O) groups is 2. The molecule has 0 fully saturated rings. The van der Waals surface area contributed by atoms with E-state index in [-0.39, 0.29) is 22.7 Å². The summed E-state index contributed by atoms with van der Waals surface area (Å²) in [6.07, 6.45) is 2.37. The van der Waals surface area contributed by atoms with Crippen LogP contribution in [0.4, 0.5) is 11.4 Å². The molecule has 1 aromatic heterocycles. The summed E-state index contributed by atoms with van der Waals surface area (Å²) >= 11 is 0. The number of aryl methyl sites for hydroxylation is 1. The minimum atomic E-state index is -0.950. The molecule has 1 heterocycles. The summed E-state index contributed by atoms with van der Waals surface area (Å²) in [5.74, 6) is -1.49. The van der Waals surface area contributed by atoms with Gasteiger partial charge in [-0.25, -0.2) is 4.79 Å². The van der Waals surface area contributed by atoms with Crippen LogP contribution in [0.2, 0.25) is 0 Å². The molecule has 32 heavy (non-hydrogen) atoms. The predicted octanol–water partition coefficient (Wildman–Crippen LogP) is 3.52. The smallest absolute Gasteiger partial charge is 0.349 e. The Balaban J connectivity index is 2.10. The number of non-ortho nitro benzene ring substituents is 1. The third-order valence-electron chi connectivity index (χ3n) is 4.70. The number of ether oxygens (including phenoxy) is 2. The second kappa shape index (κ2) is 10.8. The second-order valence-corrected chi connectivity index (χ2v) is 6.91. The quantitative estimate of drug-likeness (QED) is 0.207. The van der Waals surface area contributed by atoms with Crippen molar-refractivity contribution in [3.8, 4) is 11.8 Å². The summed E-state index contributed by atoms with van der Waals surface area (Å²) < 4.78 is 12.1. The normalized spacial score (nSPS) is 10.9. The molecule has 10 heteroatoms. The highest BCUT2D eigenvalue weighted by molar-refractivity contribution is 6.00. The van der Waals surface area contributed by atoms with Crippen molar-refractivity contribution in [1.29, 1.82) is 5.26 Å². The zero-order valence-electron chi connectivity index (χ0n) is 18.3. The molecule has 0 radical (unpaired) electrons. The molecule has 1 N–H and O–H groups in total. The monoisotopic (exact) mass is 440 g/mol. The zero-order valence-corrected chi connectivity index (χ0v) is 18.3. The Labute approximate surface area is 185 Å². The fourth-order valence-electron chi connectivity index (χ4n) is 3.14. The molecule has 0 saturated carbocycles. The molecule has 0 aliphatic heterocycles. The van der Waals surface area contributed by atoms with E-state index >= 15 is 0 Å². The molecule has 2 rings (SSSR count). The Morgan fingerprint density at radius 1 is 1.31 bits per heavy atom. The number of esters is 1. The molecule has 0 unspecified atom stereocenters. The topological polar surface area (TPSA) is 136 Å². The number of anilines is 1. The fraction of sp³-hybridized carbons (Fsp3) is 0.318. The van der Waals surface area contributed by atoms with Crippen LogP contribution in [-0.4, -0.2) is 35.1 Å². The number of rotatable bonds is 9. The lowest BCUT2D eigenvalue weighted by molar-refractivity contribution is -0.384. The molecule has 0 aliphatic rings. The Bertz CT molecular complexity index is 1110. The number of nitriles is 1. The van der Waals surface area contributed by atoms with Gasteiger partial charge >= 0.3 is 5.97 Å². The van der Waals surface area contributed by atoms with Gasteiger partial charge < -0.3 is 19.4 Å². The number of methoxy groups -OCH3 is 1. The van der Waals surface area contributed by atoms with Gasteiger partial charge in [-0.05, 0) is 44.0 Å². The highest BCUT2D eigenvalue weighted by Gasteiger charge is 2.17. The highest BCUT2D eigenvalue weighted by Crippen LogP contribution is 2.28. The van der Waals surface area contributed by atoms with Gasteiger partial charge in [-0.2, -0.15) is 5.26 Å².